The van der Waals surface area contributed by atoms with Gasteiger partial charge in [0.25, 0.3) is 5.26 Å². The van der Waals surface area contributed by atoms with E-state index in [9.17, 15) is 13.2 Å². The van der Waals surface area contributed by atoms with Crippen molar-refractivity contribution in [3.8, 4) is 21.7 Å². The van der Waals surface area contributed by atoms with E-state index in [4.69, 9.17) is 0 Å². The van der Waals surface area contributed by atoms with Crippen molar-refractivity contribution in [2.45, 2.75) is 3.92 Å². The van der Waals surface area contributed by atoms with Gasteiger partial charge in [-0.2, -0.15) is 4.39 Å². The summed E-state index contributed by atoms with van der Waals surface area (Å²) < 4.78 is 41.7. The molecular weight excluding hydrogens is 422 g/mol. The molecule has 1 heterocycles. The molecule has 0 saturated heterocycles. The summed E-state index contributed by atoms with van der Waals surface area (Å²) in [6.45, 7) is 0. The van der Waals surface area contributed by atoms with Gasteiger partial charge in [0, 0.05) is 5.56 Å². The van der Waals surface area contributed by atoms with Crippen molar-refractivity contribution in [2.75, 3.05) is 0 Å². The van der Waals surface area contributed by atoms with Crippen molar-refractivity contribution in [1.82, 2.24) is 4.98 Å². The minimum absolute atomic E-state index is 0.0609. The second-order valence-corrected chi connectivity index (χ2v) is 7.11. The van der Waals surface area contributed by atoms with Gasteiger partial charge >= 0.3 is 0 Å². The highest BCUT2D eigenvalue weighted by molar-refractivity contribution is 14.1. The molecule has 6 heteroatoms. The maximum atomic E-state index is 14.4. The molecule has 1 aromatic heterocycles. The first-order chi connectivity index (χ1) is 10.6. The Bertz CT molecular complexity index is 906. The van der Waals surface area contributed by atoms with Crippen LogP contribution in [-0.2, 0) is 0 Å². The minimum Gasteiger partial charge on any atom is -0.209 e. The van der Waals surface area contributed by atoms with Crippen LogP contribution in [0.25, 0.3) is 21.7 Å². The van der Waals surface area contributed by atoms with Crippen LogP contribution < -0.4 is 0 Å². The fourth-order valence-corrected chi connectivity index (χ4v) is 4.66. The summed E-state index contributed by atoms with van der Waals surface area (Å²) in [6.07, 6.45) is 0. The summed E-state index contributed by atoms with van der Waals surface area (Å²) in [7, 11) is 0. The van der Waals surface area contributed by atoms with E-state index in [0.717, 1.165) is 28.5 Å². The van der Waals surface area contributed by atoms with Crippen LogP contribution in [0.2, 0.25) is 0 Å². The quantitative estimate of drug-likeness (QED) is 0.329. The van der Waals surface area contributed by atoms with Gasteiger partial charge in [-0.25, -0.2) is 13.8 Å². The van der Waals surface area contributed by atoms with Crippen molar-refractivity contribution >= 4 is 33.9 Å². The smallest absolute Gasteiger partial charge is 0.209 e. The molecule has 0 fully saturated rings. The Morgan fingerprint density at radius 2 is 1.77 bits per heavy atom. The number of rotatable bonds is 0. The number of benzene rings is 2. The van der Waals surface area contributed by atoms with Gasteiger partial charge in [0.15, 0.2) is 11.6 Å². The molecule has 0 spiro atoms. The van der Waals surface area contributed by atoms with E-state index < -0.39 is 16.9 Å². The van der Waals surface area contributed by atoms with E-state index in [1.54, 1.807) is 6.07 Å². The Kier molecular flexibility index (Phi) is 3.26. The number of hydrogen-bond acceptors (Lipinski definition) is 2. The Morgan fingerprint density at radius 3 is 2.59 bits per heavy atom. The second kappa shape index (κ2) is 5.06. The first-order valence-electron chi connectivity index (χ1n) is 6.46. The molecule has 0 radical (unpaired) electrons. The zero-order valence-electron chi connectivity index (χ0n) is 10.9. The lowest BCUT2D eigenvalue weighted by molar-refractivity contribution is 0.509. The minimum atomic E-state index is -0.974. The first-order valence-corrected chi connectivity index (χ1v) is 8.52. The molecule has 0 amide bonds. The number of thiazole rings is 1. The van der Waals surface area contributed by atoms with Gasteiger partial charge in [-0.1, -0.05) is 64.3 Å². The summed E-state index contributed by atoms with van der Waals surface area (Å²) in [5, 5.41) is -0.652. The molecule has 0 bridgehead atoms. The lowest BCUT2D eigenvalue weighted by Gasteiger charge is -2.14. The van der Waals surface area contributed by atoms with Crippen molar-refractivity contribution in [3.63, 3.8) is 0 Å². The molecule has 1 unspecified atom stereocenters. The van der Waals surface area contributed by atoms with Gasteiger partial charge in [-0.15, -0.1) is 0 Å². The van der Waals surface area contributed by atoms with Crippen molar-refractivity contribution < 1.29 is 13.2 Å². The topological polar surface area (TPSA) is 12.9 Å². The summed E-state index contributed by atoms with van der Waals surface area (Å²) in [4.78, 5) is 4.37. The molecule has 22 heavy (non-hydrogen) atoms. The van der Waals surface area contributed by atoms with E-state index in [2.05, 4.69) is 27.6 Å². The average Bonchev–Trinajstić information content (AvgIpc) is 2.86. The van der Waals surface area contributed by atoms with Crippen molar-refractivity contribution in [2.24, 2.45) is 0 Å². The Morgan fingerprint density at radius 1 is 1.00 bits per heavy atom. The first kappa shape index (κ1) is 14.2. The number of alkyl halides is 1. The number of aromatic nitrogens is 1. The van der Waals surface area contributed by atoms with Crippen LogP contribution in [0, 0.1) is 16.9 Å². The Balaban J connectivity index is 2.18. The standard InChI is InChI=1S/C16H7F3INS/c17-10-6-5-9-11(12(10)18)14-15(22-16(19)21-14)8-4-2-1-3-7(8)13(9)20/h1-6,13H. The number of nitrogens with zero attached hydrogens (tertiary/aromatic N) is 1. The summed E-state index contributed by atoms with van der Waals surface area (Å²) >= 11 is 3.05. The Labute approximate surface area is 142 Å². The normalized spacial score (nSPS) is 15.7. The van der Waals surface area contributed by atoms with E-state index in [0.29, 0.717) is 10.4 Å². The maximum absolute atomic E-state index is 14.4. The molecular formula is C16H7F3INS. The predicted octanol–water partition coefficient (Wildman–Crippen LogP) is 5.73. The van der Waals surface area contributed by atoms with Gasteiger partial charge < -0.3 is 0 Å². The third kappa shape index (κ3) is 1.93. The van der Waals surface area contributed by atoms with Crippen molar-refractivity contribution in [1.29, 1.82) is 0 Å². The summed E-state index contributed by atoms with van der Waals surface area (Å²) in [5.74, 6) is -1.92. The molecule has 3 aromatic rings. The molecule has 1 aliphatic carbocycles. The summed E-state index contributed by atoms with van der Waals surface area (Å²) in [5.41, 5.74) is 2.61. The highest BCUT2D eigenvalue weighted by Gasteiger charge is 2.31. The van der Waals surface area contributed by atoms with Gasteiger partial charge in [0.1, 0.15) is 0 Å². The third-order valence-electron chi connectivity index (χ3n) is 3.72. The molecule has 0 aliphatic heterocycles. The Hall–Kier alpha value is -1.41. The second-order valence-electron chi connectivity index (χ2n) is 4.92. The maximum Gasteiger partial charge on any atom is 0.270 e. The van der Waals surface area contributed by atoms with Crippen LogP contribution in [0.3, 0.4) is 0 Å². The SMILES string of the molecule is Fc1nc2c(s1)-c1ccccc1C(I)c1ccc(F)c(F)c1-2. The van der Waals surface area contributed by atoms with Crippen LogP contribution in [0.1, 0.15) is 15.1 Å². The lowest BCUT2D eigenvalue weighted by Crippen LogP contribution is -1.99. The highest BCUT2D eigenvalue weighted by atomic mass is 127. The van der Waals surface area contributed by atoms with E-state index in [-0.39, 0.29) is 15.2 Å². The molecule has 1 nitrogen and oxygen atoms in total. The van der Waals surface area contributed by atoms with E-state index in [1.165, 1.54) is 0 Å². The zero-order valence-corrected chi connectivity index (χ0v) is 13.9. The average molecular weight is 429 g/mol. The monoisotopic (exact) mass is 429 g/mol. The van der Waals surface area contributed by atoms with Crippen LogP contribution >= 0.6 is 33.9 Å². The number of halogens is 4. The molecule has 2 aromatic carbocycles. The lowest BCUT2D eigenvalue weighted by atomic mass is 9.99. The van der Waals surface area contributed by atoms with Crippen molar-refractivity contribution in [3.05, 3.63) is 64.4 Å². The highest BCUT2D eigenvalue weighted by Crippen LogP contribution is 2.50. The largest absolute Gasteiger partial charge is 0.270 e. The van der Waals surface area contributed by atoms with E-state index >= 15 is 0 Å². The molecule has 1 aliphatic rings. The molecule has 4 rings (SSSR count). The number of hydrogen-bond donors (Lipinski definition) is 0. The van der Waals surface area contributed by atoms with Crippen LogP contribution in [0.5, 0.6) is 0 Å². The van der Waals surface area contributed by atoms with Crippen LogP contribution in [0.4, 0.5) is 13.2 Å². The van der Waals surface area contributed by atoms with Gasteiger partial charge in [-0.3, -0.25) is 0 Å². The number of fused-ring (bicyclic) bond motifs is 5. The fraction of sp³-hybridized carbons (Fsp3) is 0.0625. The third-order valence-corrected chi connectivity index (χ3v) is 5.94. The molecule has 1 atom stereocenters. The van der Waals surface area contributed by atoms with Gasteiger partial charge in [0.2, 0.25) is 0 Å². The van der Waals surface area contributed by atoms with Gasteiger partial charge in [0.05, 0.1) is 14.5 Å². The molecule has 110 valence electrons. The summed E-state index contributed by atoms with van der Waals surface area (Å²) in [6, 6.07) is 10.2. The molecule has 0 saturated carbocycles. The van der Waals surface area contributed by atoms with Crippen LogP contribution in [0.15, 0.2) is 36.4 Å². The van der Waals surface area contributed by atoms with E-state index in [1.807, 2.05) is 24.3 Å². The molecule has 0 N–H and O–H groups in total. The van der Waals surface area contributed by atoms with Gasteiger partial charge in [-0.05, 0) is 22.8 Å². The van der Waals surface area contributed by atoms with Crippen LogP contribution in [-0.4, -0.2) is 4.98 Å². The zero-order chi connectivity index (χ0) is 15.4. The predicted molar refractivity (Wildman–Crippen MR) is 88.7 cm³/mol. The fourth-order valence-electron chi connectivity index (χ4n) is 2.76.